The van der Waals surface area contributed by atoms with Gasteiger partial charge in [-0.1, -0.05) is 0 Å². The fourth-order valence-corrected chi connectivity index (χ4v) is 2.23. The van der Waals surface area contributed by atoms with E-state index in [2.05, 4.69) is 18.1 Å². The predicted molar refractivity (Wildman–Crippen MR) is 73.8 cm³/mol. The molecule has 104 valence electrons. The lowest BCUT2D eigenvalue weighted by molar-refractivity contribution is -0.0396. The summed E-state index contributed by atoms with van der Waals surface area (Å²) in [4.78, 5) is 2.16. The van der Waals surface area contributed by atoms with Crippen molar-refractivity contribution < 1.29 is 14.6 Å². The third-order valence-electron chi connectivity index (χ3n) is 2.63. The average molecular weight is 265 g/mol. The lowest BCUT2D eigenvalue weighted by Gasteiger charge is -2.26. The van der Waals surface area contributed by atoms with Crippen LogP contribution in [0, 0.1) is 0 Å². The Hall–Kier alpha value is 0.190. The number of aliphatic hydroxyl groups excluding tert-OH is 1. The van der Waals surface area contributed by atoms with Crippen LogP contribution in [0.2, 0.25) is 0 Å². The first-order valence-corrected chi connectivity index (χ1v) is 7.38. The second kappa shape index (κ2) is 10.1. The van der Waals surface area contributed by atoms with Crippen molar-refractivity contribution in [3.8, 4) is 0 Å². The molecule has 17 heavy (non-hydrogen) atoms. The number of aliphatic hydroxyl groups is 1. The summed E-state index contributed by atoms with van der Waals surface area (Å²) in [5, 5.41) is 9.84. The molecule has 0 aromatic carbocycles. The number of methoxy groups -OCH3 is 1. The molecule has 0 aliphatic heterocycles. The van der Waals surface area contributed by atoms with Crippen molar-refractivity contribution in [3.05, 3.63) is 0 Å². The maximum absolute atomic E-state index is 9.84. The van der Waals surface area contributed by atoms with Crippen LogP contribution < -0.4 is 0 Å². The molecule has 0 aliphatic rings. The van der Waals surface area contributed by atoms with Crippen LogP contribution in [0.15, 0.2) is 0 Å². The van der Waals surface area contributed by atoms with E-state index in [1.807, 2.05) is 25.7 Å². The van der Waals surface area contributed by atoms with Gasteiger partial charge >= 0.3 is 0 Å². The summed E-state index contributed by atoms with van der Waals surface area (Å²) in [5.41, 5.74) is 0. The minimum Gasteiger partial charge on any atom is -0.389 e. The third-order valence-corrected chi connectivity index (χ3v) is 3.45. The minimum absolute atomic E-state index is 0.0311. The number of ether oxygens (including phenoxy) is 2. The van der Waals surface area contributed by atoms with Gasteiger partial charge in [0.05, 0.1) is 25.4 Å². The molecule has 0 spiro atoms. The van der Waals surface area contributed by atoms with Gasteiger partial charge in [-0.05, 0) is 27.2 Å². The van der Waals surface area contributed by atoms with E-state index in [1.54, 1.807) is 7.11 Å². The van der Waals surface area contributed by atoms with Gasteiger partial charge in [-0.3, -0.25) is 0 Å². The van der Waals surface area contributed by atoms with Gasteiger partial charge in [-0.25, -0.2) is 0 Å². The summed E-state index contributed by atoms with van der Waals surface area (Å²) in [6.45, 7) is 5.67. The molecular formula is C12H27NO3S. The second-order valence-electron chi connectivity index (χ2n) is 4.50. The smallest absolute Gasteiger partial charge is 0.0900 e. The maximum Gasteiger partial charge on any atom is 0.0900 e. The summed E-state index contributed by atoms with van der Waals surface area (Å²) in [6.07, 6.45) is 1.68. The zero-order valence-electron chi connectivity index (χ0n) is 11.7. The molecule has 0 saturated heterocycles. The Morgan fingerprint density at radius 2 is 1.94 bits per heavy atom. The molecule has 0 saturated carbocycles. The highest BCUT2D eigenvalue weighted by atomic mass is 32.2. The first kappa shape index (κ1) is 17.2. The third kappa shape index (κ3) is 8.85. The van der Waals surface area contributed by atoms with Crippen LogP contribution in [0.1, 0.15) is 13.8 Å². The van der Waals surface area contributed by atoms with Gasteiger partial charge in [0.1, 0.15) is 0 Å². The largest absolute Gasteiger partial charge is 0.389 e. The molecule has 5 heteroatoms. The van der Waals surface area contributed by atoms with E-state index in [0.717, 1.165) is 5.75 Å². The molecule has 0 rings (SSSR count). The summed E-state index contributed by atoms with van der Waals surface area (Å²) in [7, 11) is 3.68. The normalized spacial score (nSPS) is 17.1. The Balaban J connectivity index is 3.73. The van der Waals surface area contributed by atoms with E-state index >= 15 is 0 Å². The van der Waals surface area contributed by atoms with E-state index in [4.69, 9.17) is 9.47 Å². The van der Waals surface area contributed by atoms with Crippen LogP contribution in [0.25, 0.3) is 0 Å². The Bertz CT molecular complexity index is 183. The van der Waals surface area contributed by atoms with E-state index in [1.165, 1.54) is 0 Å². The summed E-state index contributed by atoms with van der Waals surface area (Å²) in [5.74, 6) is 1.07. The van der Waals surface area contributed by atoms with Gasteiger partial charge in [0.25, 0.3) is 0 Å². The molecule has 0 aromatic rings. The zero-order valence-corrected chi connectivity index (χ0v) is 12.5. The minimum atomic E-state index is -0.441. The van der Waals surface area contributed by atoms with Crippen molar-refractivity contribution in [1.29, 1.82) is 0 Å². The first-order chi connectivity index (χ1) is 8.01. The second-order valence-corrected chi connectivity index (χ2v) is 5.41. The quantitative estimate of drug-likeness (QED) is 0.640. The molecule has 3 atom stereocenters. The van der Waals surface area contributed by atoms with Gasteiger partial charge in [-0.2, -0.15) is 11.8 Å². The van der Waals surface area contributed by atoms with Crippen molar-refractivity contribution in [3.63, 3.8) is 0 Å². The zero-order chi connectivity index (χ0) is 13.3. The molecule has 4 nitrogen and oxygen atoms in total. The molecule has 0 aromatic heterocycles. The molecular weight excluding hydrogens is 238 g/mol. The van der Waals surface area contributed by atoms with Crippen molar-refractivity contribution in [2.75, 3.05) is 45.9 Å². The van der Waals surface area contributed by atoms with E-state index < -0.39 is 6.10 Å². The lowest BCUT2D eigenvalue weighted by atomic mass is 10.3. The number of likely N-dealkylation sites (N-methyl/N-ethyl adjacent to an activating group) is 1. The van der Waals surface area contributed by atoms with Crippen LogP contribution >= 0.6 is 11.8 Å². The van der Waals surface area contributed by atoms with E-state index in [9.17, 15) is 5.11 Å². The number of rotatable bonds is 10. The fourth-order valence-electron chi connectivity index (χ4n) is 1.49. The molecule has 0 heterocycles. The van der Waals surface area contributed by atoms with Crippen molar-refractivity contribution in [1.82, 2.24) is 4.90 Å². The van der Waals surface area contributed by atoms with Gasteiger partial charge in [0.2, 0.25) is 0 Å². The molecule has 0 aliphatic carbocycles. The highest BCUT2D eigenvalue weighted by Gasteiger charge is 2.14. The van der Waals surface area contributed by atoms with Gasteiger partial charge in [-0.15, -0.1) is 0 Å². The van der Waals surface area contributed by atoms with Crippen LogP contribution in [0.5, 0.6) is 0 Å². The number of hydrogen-bond donors (Lipinski definition) is 1. The predicted octanol–water partition coefficient (Wildman–Crippen LogP) is 1.08. The Morgan fingerprint density at radius 3 is 2.47 bits per heavy atom. The summed E-state index contributed by atoms with van der Waals surface area (Å²) in [6, 6.07) is 0.469. The van der Waals surface area contributed by atoms with Crippen LogP contribution in [-0.4, -0.2) is 74.2 Å². The summed E-state index contributed by atoms with van der Waals surface area (Å²) < 4.78 is 10.4. The highest BCUT2D eigenvalue weighted by molar-refractivity contribution is 7.98. The Morgan fingerprint density at radius 1 is 1.29 bits per heavy atom. The molecule has 0 amide bonds. The van der Waals surface area contributed by atoms with Gasteiger partial charge < -0.3 is 19.5 Å². The molecule has 0 radical (unpaired) electrons. The standard InChI is InChI=1S/C12H27NO3S/c1-10(9-17-5)13(3)6-12(14)8-16-11(2)7-15-4/h10-12,14H,6-9H2,1-5H3. The lowest BCUT2D eigenvalue weighted by Crippen LogP contribution is -2.39. The number of nitrogens with zero attached hydrogens (tertiary/aromatic N) is 1. The average Bonchev–Trinajstić information content (AvgIpc) is 2.27. The topological polar surface area (TPSA) is 41.9 Å². The Labute approximate surface area is 110 Å². The summed E-state index contributed by atoms with van der Waals surface area (Å²) >= 11 is 1.82. The number of hydrogen-bond acceptors (Lipinski definition) is 5. The first-order valence-electron chi connectivity index (χ1n) is 5.99. The Kier molecular flexibility index (Phi) is 10.3. The molecule has 1 N–H and O–H groups in total. The number of thioether (sulfide) groups is 1. The van der Waals surface area contributed by atoms with Crippen LogP contribution in [-0.2, 0) is 9.47 Å². The highest BCUT2D eigenvalue weighted by Crippen LogP contribution is 2.05. The monoisotopic (exact) mass is 265 g/mol. The van der Waals surface area contributed by atoms with E-state index in [0.29, 0.717) is 25.8 Å². The molecule has 0 bridgehead atoms. The maximum atomic E-state index is 9.84. The van der Waals surface area contributed by atoms with Crippen molar-refractivity contribution in [2.24, 2.45) is 0 Å². The van der Waals surface area contributed by atoms with E-state index in [-0.39, 0.29) is 6.10 Å². The van der Waals surface area contributed by atoms with Gasteiger partial charge in [0.15, 0.2) is 0 Å². The van der Waals surface area contributed by atoms with Gasteiger partial charge in [0, 0.05) is 25.4 Å². The molecule has 3 unspecified atom stereocenters. The van der Waals surface area contributed by atoms with Crippen LogP contribution in [0.4, 0.5) is 0 Å². The van der Waals surface area contributed by atoms with Crippen molar-refractivity contribution >= 4 is 11.8 Å². The van der Waals surface area contributed by atoms with Crippen LogP contribution in [0.3, 0.4) is 0 Å². The fraction of sp³-hybridized carbons (Fsp3) is 1.00. The van der Waals surface area contributed by atoms with Crippen molar-refractivity contribution in [2.45, 2.75) is 32.1 Å². The SMILES string of the molecule is COCC(C)OCC(O)CN(C)C(C)CSC. The molecule has 0 fully saturated rings.